The van der Waals surface area contributed by atoms with E-state index in [1.807, 2.05) is 55.6 Å². The van der Waals surface area contributed by atoms with Gasteiger partial charge in [-0.15, -0.1) is 0 Å². The van der Waals surface area contributed by atoms with Gasteiger partial charge in [-0.25, -0.2) is 0 Å². The molecule has 0 aliphatic heterocycles. The predicted octanol–water partition coefficient (Wildman–Crippen LogP) is 4.84. The molecule has 0 saturated carbocycles. The number of carbonyl (C=O) groups is 1. The van der Waals surface area contributed by atoms with E-state index in [9.17, 15) is 4.79 Å². The van der Waals surface area contributed by atoms with Crippen LogP contribution in [0.1, 0.15) is 41.3 Å². The Kier molecular flexibility index (Phi) is 5.18. The molecule has 2 nitrogen and oxygen atoms in total. The Morgan fingerprint density at radius 1 is 1.10 bits per heavy atom. The average Bonchev–Trinajstić information content (AvgIpc) is 2.49. The van der Waals surface area contributed by atoms with Gasteiger partial charge in [-0.2, -0.15) is 0 Å². The van der Waals surface area contributed by atoms with Gasteiger partial charge in [0.25, 0.3) is 5.91 Å². The Morgan fingerprint density at radius 2 is 1.71 bits per heavy atom. The molecule has 2 rings (SSSR count). The normalized spacial score (nSPS) is 10.7. The fourth-order valence-corrected chi connectivity index (χ4v) is 2.60. The molecule has 0 unspecified atom stereocenters. The molecular formula is C18H20BrNO. The minimum Gasteiger partial charge on any atom is -0.337 e. The van der Waals surface area contributed by atoms with Crippen LogP contribution in [-0.2, 0) is 6.54 Å². The highest BCUT2D eigenvalue weighted by molar-refractivity contribution is 9.10. The number of halogens is 1. The minimum atomic E-state index is 0.0426. The highest BCUT2D eigenvalue weighted by Gasteiger charge is 2.13. The molecule has 0 aliphatic rings. The Bertz CT molecular complexity index is 619. The van der Waals surface area contributed by atoms with Gasteiger partial charge < -0.3 is 4.90 Å². The van der Waals surface area contributed by atoms with E-state index in [1.165, 1.54) is 5.56 Å². The molecule has 110 valence electrons. The van der Waals surface area contributed by atoms with E-state index < -0.39 is 0 Å². The lowest BCUT2D eigenvalue weighted by Crippen LogP contribution is -2.26. The maximum absolute atomic E-state index is 12.5. The smallest absolute Gasteiger partial charge is 0.253 e. The molecule has 0 fully saturated rings. The van der Waals surface area contributed by atoms with Gasteiger partial charge in [0.15, 0.2) is 0 Å². The van der Waals surface area contributed by atoms with Crippen molar-refractivity contribution >= 4 is 21.8 Å². The lowest BCUT2D eigenvalue weighted by atomic mass is 10.0. The van der Waals surface area contributed by atoms with Gasteiger partial charge in [0.2, 0.25) is 0 Å². The number of rotatable bonds is 4. The van der Waals surface area contributed by atoms with Crippen LogP contribution < -0.4 is 0 Å². The van der Waals surface area contributed by atoms with Crippen LogP contribution >= 0.6 is 15.9 Å². The molecule has 2 aromatic carbocycles. The van der Waals surface area contributed by atoms with Crippen LogP contribution in [0, 0.1) is 0 Å². The molecule has 21 heavy (non-hydrogen) atoms. The second kappa shape index (κ2) is 6.90. The summed E-state index contributed by atoms with van der Waals surface area (Å²) < 4.78 is 1.03. The van der Waals surface area contributed by atoms with E-state index in [4.69, 9.17) is 0 Å². The van der Waals surface area contributed by atoms with Crippen molar-refractivity contribution in [2.24, 2.45) is 0 Å². The van der Waals surface area contributed by atoms with E-state index in [0.717, 1.165) is 15.6 Å². The van der Waals surface area contributed by atoms with E-state index in [0.29, 0.717) is 12.5 Å². The van der Waals surface area contributed by atoms with Crippen LogP contribution in [0.25, 0.3) is 0 Å². The molecule has 0 saturated heterocycles. The highest BCUT2D eigenvalue weighted by atomic mass is 79.9. The van der Waals surface area contributed by atoms with Crippen molar-refractivity contribution < 1.29 is 4.79 Å². The first-order valence-electron chi connectivity index (χ1n) is 7.08. The molecule has 0 aliphatic carbocycles. The van der Waals surface area contributed by atoms with Crippen LogP contribution in [-0.4, -0.2) is 17.9 Å². The van der Waals surface area contributed by atoms with Gasteiger partial charge in [-0.05, 0) is 35.2 Å². The topological polar surface area (TPSA) is 20.3 Å². The van der Waals surface area contributed by atoms with Crippen LogP contribution in [0.4, 0.5) is 0 Å². The molecule has 0 N–H and O–H groups in total. The molecule has 3 heteroatoms. The van der Waals surface area contributed by atoms with Crippen molar-refractivity contribution in [3.05, 3.63) is 69.7 Å². The molecule has 0 atom stereocenters. The Balaban J connectivity index is 2.10. The van der Waals surface area contributed by atoms with E-state index in [1.54, 1.807) is 4.90 Å². The summed E-state index contributed by atoms with van der Waals surface area (Å²) >= 11 is 3.52. The van der Waals surface area contributed by atoms with Crippen molar-refractivity contribution in [2.45, 2.75) is 26.3 Å². The summed E-state index contributed by atoms with van der Waals surface area (Å²) in [7, 11) is 1.83. The van der Waals surface area contributed by atoms with Crippen molar-refractivity contribution in [1.82, 2.24) is 4.90 Å². The minimum absolute atomic E-state index is 0.0426. The second-order valence-electron chi connectivity index (χ2n) is 5.53. The zero-order valence-corrected chi connectivity index (χ0v) is 14.2. The third kappa shape index (κ3) is 3.94. The number of benzene rings is 2. The Hall–Kier alpha value is -1.61. The quantitative estimate of drug-likeness (QED) is 0.775. The summed E-state index contributed by atoms with van der Waals surface area (Å²) in [5.74, 6) is 0.521. The van der Waals surface area contributed by atoms with Crippen molar-refractivity contribution in [1.29, 1.82) is 0 Å². The van der Waals surface area contributed by atoms with Crippen LogP contribution in [0.2, 0.25) is 0 Å². The van der Waals surface area contributed by atoms with Crippen molar-refractivity contribution in [2.75, 3.05) is 7.05 Å². The molecule has 0 aromatic heterocycles. The van der Waals surface area contributed by atoms with Crippen LogP contribution in [0.15, 0.2) is 53.0 Å². The Labute approximate surface area is 134 Å². The number of hydrogen-bond acceptors (Lipinski definition) is 1. The van der Waals surface area contributed by atoms with E-state index >= 15 is 0 Å². The third-order valence-corrected chi connectivity index (χ3v) is 4.31. The van der Waals surface area contributed by atoms with Gasteiger partial charge >= 0.3 is 0 Å². The first kappa shape index (κ1) is 15.8. The summed E-state index contributed by atoms with van der Waals surface area (Å²) in [4.78, 5) is 14.2. The zero-order valence-electron chi connectivity index (χ0n) is 12.6. The maximum atomic E-state index is 12.5. The molecule has 0 heterocycles. The fraction of sp³-hybridized carbons (Fsp3) is 0.278. The third-order valence-electron chi connectivity index (χ3n) is 3.54. The first-order valence-corrected chi connectivity index (χ1v) is 7.87. The lowest BCUT2D eigenvalue weighted by Gasteiger charge is -2.18. The second-order valence-corrected chi connectivity index (χ2v) is 6.38. The predicted molar refractivity (Wildman–Crippen MR) is 90.5 cm³/mol. The number of amides is 1. The van der Waals surface area contributed by atoms with Crippen LogP contribution in [0.5, 0.6) is 0 Å². The van der Waals surface area contributed by atoms with Gasteiger partial charge in [-0.3, -0.25) is 4.79 Å². The van der Waals surface area contributed by atoms with Crippen molar-refractivity contribution in [3.63, 3.8) is 0 Å². The standard InChI is InChI=1S/C18H20BrNO/c1-13(2)14-8-10-15(11-9-14)18(21)20(3)12-16-6-4-5-7-17(16)19/h4-11,13H,12H2,1-3H3. The molecular weight excluding hydrogens is 326 g/mol. The van der Waals surface area contributed by atoms with Gasteiger partial charge in [0.1, 0.15) is 0 Å². The monoisotopic (exact) mass is 345 g/mol. The summed E-state index contributed by atoms with van der Waals surface area (Å²) in [6, 6.07) is 15.9. The zero-order chi connectivity index (χ0) is 15.4. The first-order chi connectivity index (χ1) is 9.99. The molecule has 2 aromatic rings. The average molecular weight is 346 g/mol. The van der Waals surface area contributed by atoms with Crippen LogP contribution in [0.3, 0.4) is 0 Å². The molecule has 0 radical (unpaired) electrons. The van der Waals surface area contributed by atoms with Gasteiger partial charge in [0.05, 0.1) is 0 Å². The number of nitrogens with zero attached hydrogens (tertiary/aromatic N) is 1. The van der Waals surface area contributed by atoms with E-state index in [-0.39, 0.29) is 5.91 Å². The summed E-state index contributed by atoms with van der Waals surface area (Å²) in [5, 5.41) is 0. The highest BCUT2D eigenvalue weighted by Crippen LogP contribution is 2.19. The maximum Gasteiger partial charge on any atom is 0.253 e. The summed E-state index contributed by atoms with van der Waals surface area (Å²) in [5.41, 5.74) is 3.08. The summed E-state index contributed by atoms with van der Waals surface area (Å²) in [6.07, 6.45) is 0. The molecule has 1 amide bonds. The van der Waals surface area contributed by atoms with Crippen molar-refractivity contribution in [3.8, 4) is 0 Å². The van der Waals surface area contributed by atoms with Gasteiger partial charge in [-0.1, -0.05) is 60.1 Å². The SMILES string of the molecule is CC(C)c1ccc(C(=O)N(C)Cc2ccccc2Br)cc1. The number of hydrogen-bond donors (Lipinski definition) is 0. The number of carbonyl (C=O) groups excluding carboxylic acids is 1. The lowest BCUT2D eigenvalue weighted by molar-refractivity contribution is 0.0785. The largest absolute Gasteiger partial charge is 0.337 e. The fourth-order valence-electron chi connectivity index (χ4n) is 2.18. The molecule has 0 spiro atoms. The Morgan fingerprint density at radius 3 is 2.29 bits per heavy atom. The van der Waals surface area contributed by atoms with Gasteiger partial charge in [0, 0.05) is 23.6 Å². The van der Waals surface area contributed by atoms with E-state index in [2.05, 4.69) is 29.8 Å². The summed E-state index contributed by atoms with van der Waals surface area (Å²) in [6.45, 7) is 4.89. The molecule has 0 bridgehead atoms.